The number of methoxy groups -OCH3 is 1. The Labute approximate surface area is 122 Å². The van der Waals surface area contributed by atoms with E-state index in [1.807, 2.05) is 12.1 Å². The van der Waals surface area contributed by atoms with E-state index in [4.69, 9.17) is 10.5 Å². The van der Waals surface area contributed by atoms with Crippen molar-refractivity contribution in [2.75, 3.05) is 20.2 Å². The van der Waals surface area contributed by atoms with Gasteiger partial charge in [-0.05, 0) is 12.1 Å². The SMILES string of the molecule is COc1cccc2ccc(=O)n(CCC(=O)NCCN)c12. The van der Waals surface area contributed by atoms with Gasteiger partial charge in [0.25, 0.3) is 5.56 Å². The zero-order valence-electron chi connectivity index (χ0n) is 12.0. The molecule has 21 heavy (non-hydrogen) atoms. The molecule has 1 aromatic carbocycles. The van der Waals surface area contributed by atoms with E-state index in [0.29, 0.717) is 30.9 Å². The van der Waals surface area contributed by atoms with Crippen molar-refractivity contribution in [3.8, 4) is 5.75 Å². The number of fused-ring (bicyclic) bond motifs is 1. The second-order valence-corrected chi connectivity index (χ2v) is 4.61. The number of benzene rings is 1. The molecule has 1 heterocycles. The van der Waals surface area contributed by atoms with Gasteiger partial charge in [-0.3, -0.25) is 9.59 Å². The summed E-state index contributed by atoms with van der Waals surface area (Å²) in [5.74, 6) is 0.492. The summed E-state index contributed by atoms with van der Waals surface area (Å²) in [6.07, 6.45) is 0.219. The average Bonchev–Trinajstić information content (AvgIpc) is 2.51. The molecule has 3 N–H and O–H groups in total. The minimum atomic E-state index is -0.154. The Balaban J connectivity index is 2.32. The first-order valence-corrected chi connectivity index (χ1v) is 6.80. The number of aromatic nitrogens is 1. The summed E-state index contributed by atoms with van der Waals surface area (Å²) in [4.78, 5) is 23.7. The van der Waals surface area contributed by atoms with Crippen LogP contribution >= 0.6 is 0 Å². The molecule has 0 saturated carbocycles. The molecule has 0 aliphatic rings. The van der Waals surface area contributed by atoms with Gasteiger partial charge in [-0.25, -0.2) is 0 Å². The molecule has 0 unspecified atom stereocenters. The van der Waals surface area contributed by atoms with Crippen molar-refractivity contribution in [3.63, 3.8) is 0 Å². The second-order valence-electron chi connectivity index (χ2n) is 4.61. The van der Waals surface area contributed by atoms with Gasteiger partial charge in [0.2, 0.25) is 5.91 Å². The zero-order chi connectivity index (χ0) is 15.2. The number of amides is 1. The largest absolute Gasteiger partial charge is 0.495 e. The van der Waals surface area contributed by atoms with Crippen LogP contribution in [0.1, 0.15) is 6.42 Å². The first-order chi connectivity index (χ1) is 10.2. The van der Waals surface area contributed by atoms with Gasteiger partial charge in [-0.2, -0.15) is 0 Å². The van der Waals surface area contributed by atoms with Crippen LogP contribution in [-0.4, -0.2) is 30.7 Å². The predicted molar refractivity (Wildman–Crippen MR) is 81.4 cm³/mol. The van der Waals surface area contributed by atoms with Gasteiger partial charge in [0.1, 0.15) is 5.75 Å². The third-order valence-corrected chi connectivity index (χ3v) is 3.22. The van der Waals surface area contributed by atoms with Gasteiger partial charge in [-0.15, -0.1) is 0 Å². The summed E-state index contributed by atoms with van der Waals surface area (Å²) >= 11 is 0. The topological polar surface area (TPSA) is 86.3 Å². The summed E-state index contributed by atoms with van der Waals surface area (Å²) in [7, 11) is 1.56. The average molecular weight is 289 g/mol. The highest BCUT2D eigenvalue weighted by Gasteiger charge is 2.10. The van der Waals surface area contributed by atoms with E-state index in [1.165, 1.54) is 6.07 Å². The second kappa shape index (κ2) is 6.90. The Morgan fingerprint density at radius 3 is 2.86 bits per heavy atom. The molecule has 0 fully saturated rings. The normalized spacial score (nSPS) is 10.6. The fraction of sp³-hybridized carbons (Fsp3) is 0.333. The molecule has 6 nitrogen and oxygen atoms in total. The molecule has 0 spiro atoms. The van der Waals surface area contributed by atoms with E-state index >= 15 is 0 Å². The molecule has 2 rings (SSSR count). The molecule has 1 aromatic heterocycles. The monoisotopic (exact) mass is 289 g/mol. The van der Waals surface area contributed by atoms with Crippen LogP contribution in [0, 0.1) is 0 Å². The minimum absolute atomic E-state index is 0.126. The fourth-order valence-corrected chi connectivity index (χ4v) is 2.22. The molecule has 0 atom stereocenters. The number of nitrogens with one attached hydrogen (secondary N) is 1. The first-order valence-electron chi connectivity index (χ1n) is 6.80. The third kappa shape index (κ3) is 3.41. The molecular weight excluding hydrogens is 270 g/mol. The van der Waals surface area contributed by atoms with E-state index < -0.39 is 0 Å². The summed E-state index contributed by atoms with van der Waals surface area (Å²) in [5, 5.41) is 3.59. The molecule has 0 radical (unpaired) electrons. The lowest BCUT2D eigenvalue weighted by molar-refractivity contribution is -0.121. The van der Waals surface area contributed by atoms with Crippen LogP contribution in [0.2, 0.25) is 0 Å². The smallest absolute Gasteiger partial charge is 0.251 e. The Morgan fingerprint density at radius 2 is 2.14 bits per heavy atom. The molecule has 6 heteroatoms. The van der Waals surface area contributed by atoms with Gasteiger partial charge < -0.3 is 20.4 Å². The summed E-state index contributed by atoms with van der Waals surface area (Å²) in [6, 6.07) is 8.82. The molecule has 1 amide bonds. The van der Waals surface area contributed by atoms with Crippen molar-refractivity contribution in [2.45, 2.75) is 13.0 Å². The van der Waals surface area contributed by atoms with Crippen LogP contribution in [0.5, 0.6) is 5.75 Å². The van der Waals surface area contributed by atoms with Crippen LogP contribution < -0.4 is 21.3 Å². The third-order valence-electron chi connectivity index (χ3n) is 3.22. The van der Waals surface area contributed by atoms with Crippen LogP contribution in [0.15, 0.2) is 35.1 Å². The maximum Gasteiger partial charge on any atom is 0.251 e. The number of hydrogen-bond donors (Lipinski definition) is 2. The predicted octanol–water partition coefficient (Wildman–Crippen LogP) is 0.475. The lowest BCUT2D eigenvalue weighted by Crippen LogP contribution is -2.31. The zero-order valence-corrected chi connectivity index (χ0v) is 12.0. The molecule has 0 aliphatic heterocycles. The van der Waals surface area contributed by atoms with E-state index in [9.17, 15) is 9.59 Å². The molecule has 112 valence electrons. The van der Waals surface area contributed by atoms with Crippen molar-refractivity contribution < 1.29 is 9.53 Å². The van der Waals surface area contributed by atoms with Crippen molar-refractivity contribution in [3.05, 3.63) is 40.7 Å². The van der Waals surface area contributed by atoms with E-state index in [0.717, 1.165) is 5.39 Å². The Morgan fingerprint density at radius 1 is 1.33 bits per heavy atom. The highest BCUT2D eigenvalue weighted by atomic mass is 16.5. The maximum absolute atomic E-state index is 12.1. The van der Waals surface area contributed by atoms with Crippen LogP contribution in [0.25, 0.3) is 10.9 Å². The van der Waals surface area contributed by atoms with E-state index in [-0.39, 0.29) is 17.9 Å². The van der Waals surface area contributed by atoms with E-state index in [2.05, 4.69) is 5.32 Å². The lowest BCUT2D eigenvalue weighted by atomic mass is 10.2. The van der Waals surface area contributed by atoms with Crippen LogP contribution in [-0.2, 0) is 11.3 Å². The number of nitrogens with two attached hydrogens (primary N) is 1. The van der Waals surface area contributed by atoms with Crippen molar-refractivity contribution in [1.82, 2.24) is 9.88 Å². The summed E-state index contributed by atoms with van der Waals surface area (Å²) in [5.41, 5.74) is 5.89. The summed E-state index contributed by atoms with van der Waals surface area (Å²) in [6.45, 7) is 1.13. The molecule has 0 aliphatic carbocycles. The number of aryl methyl sites for hydroxylation is 1. The quantitative estimate of drug-likeness (QED) is 0.809. The minimum Gasteiger partial charge on any atom is -0.495 e. The number of rotatable bonds is 6. The van der Waals surface area contributed by atoms with Crippen molar-refractivity contribution in [2.24, 2.45) is 5.73 Å². The van der Waals surface area contributed by atoms with Crippen LogP contribution in [0.3, 0.4) is 0 Å². The molecule has 0 saturated heterocycles. The Hall–Kier alpha value is -2.34. The first kappa shape index (κ1) is 15.1. The number of nitrogens with zero attached hydrogens (tertiary/aromatic N) is 1. The van der Waals surface area contributed by atoms with Gasteiger partial charge in [0.15, 0.2) is 0 Å². The van der Waals surface area contributed by atoms with Gasteiger partial charge in [-0.1, -0.05) is 12.1 Å². The fourth-order valence-electron chi connectivity index (χ4n) is 2.22. The van der Waals surface area contributed by atoms with Gasteiger partial charge in [0.05, 0.1) is 12.6 Å². The molecule has 0 bridgehead atoms. The van der Waals surface area contributed by atoms with E-state index in [1.54, 1.807) is 23.8 Å². The Kier molecular flexibility index (Phi) is 4.94. The highest BCUT2D eigenvalue weighted by Crippen LogP contribution is 2.23. The standard InChI is InChI=1S/C15H19N3O3/c1-21-12-4-2-3-11-5-6-14(20)18(15(11)12)10-7-13(19)17-9-8-16/h2-6H,7-10,16H2,1H3,(H,17,19). The molecule has 2 aromatic rings. The van der Waals surface area contributed by atoms with Gasteiger partial charge in [0, 0.05) is 37.5 Å². The number of carbonyl (C=O) groups is 1. The number of pyridine rings is 1. The summed E-state index contributed by atoms with van der Waals surface area (Å²) < 4.78 is 6.88. The number of para-hydroxylation sites is 1. The number of ether oxygens (including phenoxy) is 1. The Bertz CT molecular complexity index is 694. The van der Waals surface area contributed by atoms with Crippen molar-refractivity contribution in [1.29, 1.82) is 0 Å². The lowest BCUT2D eigenvalue weighted by Gasteiger charge is -2.13. The van der Waals surface area contributed by atoms with Gasteiger partial charge >= 0.3 is 0 Å². The van der Waals surface area contributed by atoms with Crippen molar-refractivity contribution >= 4 is 16.8 Å². The number of hydrogen-bond acceptors (Lipinski definition) is 4. The number of carbonyl (C=O) groups excluding carboxylic acids is 1. The maximum atomic E-state index is 12.1. The molecular formula is C15H19N3O3. The highest BCUT2D eigenvalue weighted by molar-refractivity contribution is 5.85. The van der Waals surface area contributed by atoms with Crippen LogP contribution in [0.4, 0.5) is 0 Å².